The van der Waals surface area contributed by atoms with Gasteiger partial charge in [-0.25, -0.2) is 0 Å². The maximum Gasteiger partial charge on any atom is 0.0548 e. The molecular weight excluding hydrogens is 406 g/mol. The van der Waals surface area contributed by atoms with Gasteiger partial charge in [0.1, 0.15) is 0 Å². The Morgan fingerprint density at radius 1 is 0.469 bits per heavy atom. The highest BCUT2D eigenvalue weighted by atomic mass is 32.1. The standard InChI is InChI=1S/C30H19NS/c1-3-9-20(10-4-1)21-15-16-25-24(19-21)29-26(31(25)22-11-5-2-6-12-22)17-18-28-30(29)23-13-7-8-14-27(23)32-28/h1-19H. The maximum absolute atomic E-state index is 2.41. The number of hydrogen-bond acceptors (Lipinski definition) is 1. The summed E-state index contributed by atoms with van der Waals surface area (Å²) in [6, 6.07) is 41.6. The number of rotatable bonds is 2. The molecule has 0 aliphatic heterocycles. The molecule has 7 rings (SSSR count). The van der Waals surface area contributed by atoms with Crippen LogP contribution < -0.4 is 0 Å². The molecule has 0 fully saturated rings. The molecule has 0 saturated heterocycles. The van der Waals surface area contributed by atoms with E-state index in [0.29, 0.717) is 0 Å². The molecule has 2 aromatic heterocycles. The summed E-state index contributed by atoms with van der Waals surface area (Å²) in [6.45, 7) is 0. The number of nitrogens with zero attached hydrogens (tertiary/aromatic N) is 1. The molecule has 7 aromatic rings. The molecule has 0 saturated carbocycles. The monoisotopic (exact) mass is 425 g/mol. The molecule has 0 aliphatic carbocycles. The molecule has 32 heavy (non-hydrogen) atoms. The van der Waals surface area contributed by atoms with E-state index < -0.39 is 0 Å². The van der Waals surface area contributed by atoms with Crippen molar-refractivity contribution in [3.63, 3.8) is 0 Å². The average Bonchev–Trinajstić information content (AvgIpc) is 3.40. The van der Waals surface area contributed by atoms with Crippen LogP contribution in [0.15, 0.2) is 115 Å². The third-order valence-electron chi connectivity index (χ3n) is 6.39. The minimum Gasteiger partial charge on any atom is -0.309 e. The second-order valence-electron chi connectivity index (χ2n) is 8.20. The van der Waals surface area contributed by atoms with Crippen molar-refractivity contribution in [3.05, 3.63) is 115 Å². The van der Waals surface area contributed by atoms with E-state index in [9.17, 15) is 0 Å². The Labute approximate surface area is 189 Å². The smallest absolute Gasteiger partial charge is 0.0548 e. The van der Waals surface area contributed by atoms with Crippen molar-refractivity contribution in [2.45, 2.75) is 0 Å². The van der Waals surface area contributed by atoms with Crippen molar-refractivity contribution in [2.24, 2.45) is 0 Å². The van der Waals surface area contributed by atoms with Crippen molar-refractivity contribution in [3.8, 4) is 16.8 Å². The highest BCUT2D eigenvalue weighted by molar-refractivity contribution is 7.26. The van der Waals surface area contributed by atoms with Crippen molar-refractivity contribution in [1.82, 2.24) is 4.57 Å². The summed E-state index contributed by atoms with van der Waals surface area (Å²) in [7, 11) is 0. The normalized spacial score (nSPS) is 11.8. The van der Waals surface area contributed by atoms with E-state index in [1.165, 1.54) is 58.8 Å². The van der Waals surface area contributed by atoms with Crippen molar-refractivity contribution < 1.29 is 0 Å². The maximum atomic E-state index is 2.41. The van der Waals surface area contributed by atoms with Crippen LogP contribution in [0.5, 0.6) is 0 Å². The molecule has 0 unspecified atom stereocenters. The van der Waals surface area contributed by atoms with Gasteiger partial charge in [0, 0.05) is 36.6 Å². The zero-order chi connectivity index (χ0) is 21.1. The fourth-order valence-electron chi connectivity index (χ4n) is 4.99. The SMILES string of the molecule is c1ccc(-c2ccc3c(c2)c2c4c(ccc2n3-c2ccccc2)sc2ccccc24)cc1. The van der Waals surface area contributed by atoms with Gasteiger partial charge in [0.15, 0.2) is 0 Å². The predicted octanol–water partition coefficient (Wildman–Crippen LogP) is 8.82. The third kappa shape index (κ3) is 2.50. The molecular formula is C30H19NS. The minimum absolute atomic E-state index is 1.19. The van der Waals surface area contributed by atoms with Crippen molar-refractivity contribution in [1.29, 1.82) is 0 Å². The molecule has 0 spiro atoms. The number of hydrogen-bond donors (Lipinski definition) is 0. The molecule has 2 heterocycles. The molecule has 0 radical (unpaired) electrons. The minimum atomic E-state index is 1.19. The molecule has 0 atom stereocenters. The van der Waals surface area contributed by atoms with E-state index in [1.54, 1.807) is 0 Å². The van der Waals surface area contributed by atoms with Crippen LogP contribution in [-0.2, 0) is 0 Å². The number of benzene rings is 5. The zero-order valence-electron chi connectivity index (χ0n) is 17.3. The summed E-state index contributed by atoms with van der Waals surface area (Å²) in [5, 5.41) is 5.36. The highest BCUT2D eigenvalue weighted by Gasteiger charge is 2.18. The van der Waals surface area contributed by atoms with Crippen molar-refractivity contribution in [2.75, 3.05) is 0 Å². The van der Waals surface area contributed by atoms with Crippen molar-refractivity contribution >= 4 is 53.3 Å². The largest absolute Gasteiger partial charge is 0.309 e. The summed E-state index contributed by atoms with van der Waals surface area (Å²) in [6.07, 6.45) is 0. The Balaban J connectivity index is 1.70. The van der Waals surface area contributed by atoms with Gasteiger partial charge in [0.25, 0.3) is 0 Å². The Hall–Kier alpha value is -3.88. The summed E-state index contributed by atoms with van der Waals surface area (Å²) in [5.74, 6) is 0. The van der Waals surface area contributed by atoms with Gasteiger partial charge in [0.05, 0.1) is 11.0 Å². The van der Waals surface area contributed by atoms with Gasteiger partial charge in [-0.05, 0) is 53.6 Å². The molecule has 2 heteroatoms. The van der Waals surface area contributed by atoms with E-state index in [4.69, 9.17) is 0 Å². The Kier molecular flexibility index (Phi) is 3.78. The first-order valence-corrected chi connectivity index (χ1v) is 11.7. The number of aromatic nitrogens is 1. The van der Waals surface area contributed by atoms with Gasteiger partial charge < -0.3 is 4.57 Å². The first-order chi connectivity index (χ1) is 15.9. The third-order valence-corrected chi connectivity index (χ3v) is 7.53. The number of para-hydroxylation sites is 1. The van der Waals surface area contributed by atoms with Crippen LogP contribution in [0.2, 0.25) is 0 Å². The molecule has 1 nitrogen and oxygen atoms in total. The summed E-state index contributed by atoms with van der Waals surface area (Å²) in [4.78, 5) is 0. The van der Waals surface area contributed by atoms with Crippen LogP contribution in [0.4, 0.5) is 0 Å². The zero-order valence-corrected chi connectivity index (χ0v) is 18.1. The van der Waals surface area contributed by atoms with Gasteiger partial charge in [-0.3, -0.25) is 0 Å². The summed E-state index contributed by atoms with van der Waals surface area (Å²) >= 11 is 1.88. The molecule has 0 aliphatic rings. The second-order valence-corrected chi connectivity index (χ2v) is 9.28. The van der Waals surface area contributed by atoms with E-state index in [2.05, 4.69) is 120 Å². The average molecular weight is 426 g/mol. The topological polar surface area (TPSA) is 4.93 Å². The first kappa shape index (κ1) is 17.8. The van der Waals surface area contributed by atoms with Gasteiger partial charge in [-0.1, -0.05) is 72.8 Å². The Bertz CT molecular complexity index is 1760. The van der Waals surface area contributed by atoms with Crippen LogP contribution in [0.3, 0.4) is 0 Å². The number of fused-ring (bicyclic) bond motifs is 7. The molecule has 0 N–H and O–H groups in total. The molecule has 0 amide bonds. The lowest BCUT2D eigenvalue weighted by Crippen LogP contribution is -1.92. The molecule has 0 bridgehead atoms. The second kappa shape index (κ2) is 6.81. The lowest BCUT2D eigenvalue weighted by Gasteiger charge is -2.08. The summed E-state index contributed by atoms with van der Waals surface area (Å²) < 4.78 is 5.09. The van der Waals surface area contributed by atoms with E-state index in [1.807, 2.05) is 11.3 Å². The highest BCUT2D eigenvalue weighted by Crippen LogP contribution is 2.44. The van der Waals surface area contributed by atoms with Gasteiger partial charge >= 0.3 is 0 Å². The van der Waals surface area contributed by atoms with E-state index >= 15 is 0 Å². The molecule has 5 aromatic carbocycles. The Morgan fingerprint density at radius 2 is 1.19 bits per heavy atom. The van der Waals surface area contributed by atoms with E-state index in [-0.39, 0.29) is 0 Å². The van der Waals surface area contributed by atoms with Gasteiger partial charge in [-0.2, -0.15) is 0 Å². The van der Waals surface area contributed by atoms with Crippen LogP contribution in [0.25, 0.3) is 58.8 Å². The summed E-state index contributed by atoms with van der Waals surface area (Å²) in [5.41, 5.74) is 6.19. The number of thiophene rings is 1. The lowest BCUT2D eigenvalue weighted by molar-refractivity contribution is 1.18. The quantitative estimate of drug-likeness (QED) is 0.261. The van der Waals surface area contributed by atoms with Crippen LogP contribution in [0, 0.1) is 0 Å². The fraction of sp³-hybridized carbons (Fsp3) is 0. The van der Waals surface area contributed by atoms with E-state index in [0.717, 1.165) is 0 Å². The predicted molar refractivity (Wildman–Crippen MR) is 139 cm³/mol. The molecule has 150 valence electrons. The lowest BCUT2D eigenvalue weighted by atomic mass is 10.0. The fourth-order valence-corrected chi connectivity index (χ4v) is 6.10. The van der Waals surface area contributed by atoms with Crippen LogP contribution >= 0.6 is 11.3 Å². The van der Waals surface area contributed by atoms with Crippen LogP contribution in [-0.4, -0.2) is 4.57 Å². The van der Waals surface area contributed by atoms with Gasteiger partial charge in [0.2, 0.25) is 0 Å². The van der Waals surface area contributed by atoms with Crippen LogP contribution in [0.1, 0.15) is 0 Å². The first-order valence-electron chi connectivity index (χ1n) is 10.9. The van der Waals surface area contributed by atoms with Gasteiger partial charge in [-0.15, -0.1) is 11.3 Å². The Morgan fingerprint density at radius 3 is 2.03 bits per heavy atom.